The molecule has 3 rings (SSSR count). The van der Waals surface area contributed by atoms with Crippen LogP contribution in [0.3, 0.4) is 0 Å². The molecule has 0 saturated carbocycles. The minimum absolute atomic E-state index is 0.171. The van der Waals surface area contributed by atoms with Crippen LogP contribution < -0.4 is 5.32 Å². The standard InChI is InChI=1S/C20H22N4OS/c1-4-6-17(25)14-7-9-15(10-8-14)23-20-21-12-11-16(24-20)19-13(3)22-18(5-2)26-19/h7-12H,4-6H2,1-3H3,(H,21,23,24). The number of anilines is 2. The molecule has 0 aliphatic heterocycles. The highest BCUT2D eigenvalue weighted by Crippen LogP contribution is 2.29. The van der Waals surface area contributed by atoms with E-state index in [1.807, 2.05) is 44.2 Å². The summed E-state index contributed by atoms with van der Waals surface area (Å²) in [6.45, 7) is 6.11. The minimum Gasteiger partial charge on any atom is -0.324 e. The van der Waals surface area contributed by atoms with Gasteiger partial charge in [0, 0.05) is 23.9 Å². The second kappa shape index (κ2) is 8.19. The molecule has 0 bridgehead atoms. The summed E-state index contributed by atoms with van der Waals surface area (Å²) >= 11 is 1.67. The highest BCUT2D eigenvalue weighted by Gasteiger charge is 2.11. The summed E-state index contributed by atoms with van der Waals surface area (Å²) in [7, 11) is 0. The third-order valence-electron chi connectivity index (χ3n) is 3.97. The van der Waals surface area contributed by atoms with Gasteiger partial charge in [-0.05, 0) is 50.1 Å². The summed E-state index contributed by atoms with van der Waals surface area (Å²) in [6, 6.07) is 9.34. The van der Waals surface area contributed by atoms with E-state index in [0.717, 1.165) is 45.4 Å². The van der Waals surface area contributed by atoms with Crippen LogP contribution >= 0.6 is 11.3 Å². The second-order valence-corrected chi connectivity index (χ2v) is 7.10. The van der Waals surface area contributed by atoms with Gasteiger partial charge < -0.3 is 5.32 Å². The van der Waals surface area contributed by atoms with Crippen LogP contribution in [0, 0.1) is 6.92 Å². The SMILES string of the molecule is CCCC(=O)c1ccc(Nc2nccc(-c3sc(CC)nc3C)n2)cc1. The largest absolute Gasteiger partial charge is 0.324 e. The number of benzene rings is 1. The molecule has 3 aromatic rings. The van der Waals surface area contributed by atoms with Crippen LogP contribution in [0.4, 0.5) is 11.6 Å². The van der Waals surface area contributed by atoms with Gasteiger partial charge in [-0.3, -0.25) is 4.79 Å². The van der Waals surface area contributed by atoms with E-state index in [0.29, 0.717) is 12.4 Å². The lowest BCUT2D eigenvalue weighted by Gasteiger charge is -2.07. The summed E-state index contributed by atoms with van der Waals surface area (Å²) < 4.78 is 0. The Morgan fingerprint density at radius 2 is 1.88 bits per heavy atom. The Kier molecular flexibility index (Phi) is 5.73. The summed E-state index contributed by atoms with van der Waals surface area (Å²) in [5.41, 5.74) is 3.45. The number of hydrogen-bond donors (Lipinski definition) is 1. The van der Waals surface area contributed by atoms with E-state index < -0.39 is 0 Å². The predicted molar refractivity (Wildman–Crippen MR) is 106 cm³/mol. The van der Waals surface area contributed by atoms with Crippen LogP contribution in [0.1, 0.15) is 47.7 Å². The first-order chi connectivity index (χ1) is 12.6. The van der Waals surface area contributed by atoms with Crippen LogP contribution in [0.25, 0.3) is 10.6 Å². The number of carbonyl (C=O) groups is 1. The lowest BCUT2D eigenvalue weighted by Crippen LogP contribution is -2.00. The molecule has 0 fully saturated rings. The lowest BCUT2D eigenvalue weighted by atomic mass is 10.1. The molecule has 0 saturated heterocycles. The third-order valence-corrected chi connectivity index (χ3v) is 5.30. The Hall–Kier alpha value is -2.60. The fourth-order valence-corrected chi connectivity index (χ4v) is 3.60. The zero-order valence-corrected chi connectivity index (χ0v) is 16.1. The summed E-state index contributed by atoms with van der Waals surface area (Å²) in [6.07, 6.45) is 4.10. The highest BCUT2D eigenvalue weighted by molar-refractivity contribution is 7.15. The van der Waals surface area contributed by atoms with Crippen LogP contribution in [0.5, 0.6) is 0 Å². The first-order valence-corrected chi connectivity index (χ1v) is 9.62. The first-order valence-electron chi connectivity index (χ1n) is 8.80. The fraction of sp³-hybridized carbons (Fsp3) is 0.300. The van der Waals surface area contributed by atoms with Crippen molar-refractivity contribution < 1.29 is 4.79 Å². The van der Waals surface area contributed by atoms with Crippen molar-refractivity contribution in [2.45, 2.75) is 40.0 Å². The molecule has 0 aliphatic carbocycles. The smallest absolute Gasteiger partial charge is 0.227 e. The Morgan fingerprint density at radius 3 is 2.54 bits per heavy atom. The van der Waals surface area contributed by atoms with Crippen molar-refractivity contribution in [1.29, 1.82) is 0 Å². The molecule has 0 amide bonds. The number of ketones is 1. The third kappa shape index (κ3) is 4.14. The van der Waals surface area contributed by atoms with Gasteiger partial charge in [-0.2, -0.15) is 0 Å². The maximum Gasteiger partial charge on any atom is 0.227 e. The number of nitrogens with zero attached hydrogens (tertiary/aromatic N) is 3. The number of thiazole rings is 1. The lowest BCUT2D eigenvalue weighted by molar-refractivity contribution is 0.0982. The molecule has 134 valence electrons. The van der Waals surface area contributed by atoms with Crippen molar-refractivity contribution in [3.05, 3.63) is 52.8 Å². The van der Waals surface area contributed by atoms with Crippen molar-refractivity contribution in [3.8, 4) is 10.6 Å². The van der Waals surface area contributed by atoms with E-state index in [2.05, 4.69) is 27.2 Å². The Bertz CT molecular complexity index is 902. The van der Waals surface area contributed by atoms with Crippen molar-refractivity contribution in [2.24, 2.45) is 0 Å². The van der Waals surface area contributed by atoms with E-state index >= 15 is 0 Å². The van der Waals surface area contributed by atoms with E-state index in [9.17, 15) is 4.79 Å². The Balaban J connectivity index is 1.78. The van der Waals surface area contributed by atoms with Crippen molar-refractivity contribution in [2.75, 3.05) is 5.32 Å². The van der Waals surface area contributed by atoms with Gasteiger partial charge in [0.05, 0.1) is 21.3 Å². The molecular weight excluding hydrogens is 344 g/mol. The van der Waals surface area contributed by atoms with Crippen LogP contribution in [0.2, 0.25) is 0 Å². The van der Waals surface area contributed by atoms with E-state index in [1.165, 1.54) is 0 Å². The molecular formula is C20H22N4OS. The molecule has 2 heterocycles. The first kappa shape index (κ1) is 18.2. The van der Waals surface area contributed by atoms with Crippen LogP contribution in [-0.4, -0.2) is 20.7 Å². The quantitative estimate of drug-likeness (QED) is 0.582. The molecule has 0 unspecified atom stereocenters. The molecule has 0 aliphatic rings. The molecule has 1 N–H and O–H groups in total. The molecule has 5 nitrogen and oxygen atoms in total. The molecule has 0 radical (unpaired) electrons. The average Bonchev–Trinajstić information content (AvgIpc) is 3.04. The van der Waals surface area contributed by atoms with Gasteiger partial charge >= 0.3 is 0 Å². The van der Waals surface area contributed by atoms with Gasteiger partial charge in [0.25, 0.3) is 0 Å². The molecule has 0 spiro atoms. The van der Waals surface area contributed by atoms with E-state index in [1.54, 1.807) is 17.5 Å². The second-order valence-electron chi connectivity index (χ2n) is 6.02. The van der Waals surface area contributed by atoms with E-state index in [-0.39, 0.29) is 5.78 Å². The Labute approximate surface area is 157 Å². The highest BCUT2D eigenvalue weighted by atomic mass is 32.1. The number of carbonyl (C=O) groups excluding carboxylic acids is 1. The molecule has 2 aromatic heterocycles. The van der Waals surface area contributed by atoms with Crippen LogP contribution in [0.15, 0.2) is 36.5 Å². The van der Waals surface area contributed by atoms with Gasteiger partial charge in [-0.15, -0.1) is 11.3 Å². The van der Waals surface area contributed by atoms with Gasteiger partial charge in [0.1, 0.15) is 0 Å². The number of aryl methyl sites for hydroxylation is 2. The topological polar surface area (TPSA) is 67.8 Å². The monoisotopic (exact) mass is 366 g/mol. The summed E-state index contributed by atoms with van der Waals surface area (Å²) in [5.74, 6) is 0.700. The molecule has 1 aromatic carbocycles. The zero-order chi connectivity index (χ0) is 18.5. The Morgan fingerprint density at radius 1 is 1.12 bits per heavy atom. The number of nitrogens with one attached hydrogen (secondary N) is 1. The number of Topliss-reactive ketones (excluding diaryl/α,β-unsaturated/α-hetero) is 1. The van der Waals surface area contributed by atoms with Crippen molar-refractivity contribution in [1.82, 2.24) is 15.0 Å². The number of hydrogen-bond acceptors (Lipinski definition) is 6. The average molecular weight is 366 g/mol. The summed E-state index contributed by atoms with van der Waals surface area (Å²) in [4.78, 5) is 26.5. The molecule has 6 heteroatoms. The van der Waals surface area contributed by atoms with Gasteiger partial charge in [0.2, 0.25) is 5.95 Å². The minimum atomic E-state index is 0.171. The normalized spacial score (nSPS) is 10.7. The number of aromatic nitrogens is 3. The zero-order valence-electron chi connectivity index (χ0n) is 15.2. The maximum absolute atomic E-state index is 11.9. The van der Waals surface area contributed by atoms with Crippen molar-refractivity contribution >= 4 is 28.8 Å². The van der Waals surface area contributed by atoms with Crippen molar-refractivity contribution in [3.63, 3.8) is 0 Å². The number of rotatable bonds is 7. The van der Waals surface area contributed by atoms with Crippen LogP contribution in [-0.2, 0) is 6.42 Å². The van der Waals surface area contributed by atoms with Gasteiger partial charge in [0.15, 0.2) is 5.78 Å². The van der Waals surface area contributed by atoms with Gasteiger partial charge in [-0.1, -0.05) is 13.8 Å². The van der Waals surface area contributed by atoms with Gasteiger partial charge in [-0.25, -0.2) is 15.0 Å². The maximum atomic E-state index is 11.9. The van der Waals surface area contributed by atoms with E-state index in [4.69, 9.17) is 0 Å². The fourth-order valence-electron chi connectivity index (χ4n) is 2.63. The molecule has 0 atom stereocenters. The summed E-state index contributed by atoms with van der Waals surface area (Å²) in [5, 5.41) is 4.31. The predicted octanol–water partition coefficient (Wildman–Crippen LogP) is 5.20. The molecule has 26 heavy (non-hydrogen) atoms.